The Hall–Kier alpha value is -2.11. The molecule has 0 spiro atoms. The van der Waals surface area contributed by atoms with Gasteiger partial charge < -0.3 is 14.7 Å². The normalized spacial score (nSPS) is 10.5. The second-order valence-corrected chi connectivity index (χ2v) is 5.23. The molecule has 0 fully saturated rings. The maximum absolute atomic E-state index is 13.0. The Morgan fingerprint density at radius 2 is 2.05 bits per heavy atom. The van der Waals surface area contributed by atoms with Crippen LogP contribution in [0.15, 0.2) is 24.3 Å². The number of ether oxygens (including phenoxy) is 1. The fourth-order valence-electron chi connectivity index (χ4n) is 2.00. The van der Waals surface area contributed by atoms with Crippen LogP contribution in [0.25, 0.3) is 0 Å². The highest BCUT2D eigenvalue weighted by atomic mass is 19.1. The molecule has 1 aromatic rings. The number of hydrogen-bond donors (Lipinski definition) is 1. The lowest BCUT2D eigenvalue weighted by Crippen LogP contribution is -2.38. The maximum atomic E-state index is 13.0. The molecule has 122 valence electrons. The predicted molar refractivity (Wildman–Crippen MR) is 80.2 cm³/mol. The number of aliphatic carboxylic acids is 1. The van der Waals surface area contributed by atoms with Gasteiger partial charge in [0, 0.05) is 25.1 Å². The van der Waals surface area contributed by atoms with Gasteiger partial charge in [0.15, 0.2) is 0 Å². The van der Waals surface area contributed by atoms with E-state index in [-0.39, 0.29) is 37.2 Å². The summed E-state index contributed by atoms with van der Waals surface area (Å²) in [5.41, 5.74) is 0. The molecular weight excluding hydrogens is 289 g/mol. The van der Waals surface area contributed by atoms with Crippen LogP contribution in [0, 0.1) is 5.82 Å². The van der Waals surface area contributed by atoms with E-state index in [0.29, 0.717) is 18.8 Å². The van der Waals surface area contributed by atoms with Gasteiger partial charge in [-0.1, -0.05) is 6.07 Å². The molecule has 1 rings (SSSR count). The van der Waals surface area contributed by atoms with Crippen molar-refractivity contribution in [2.45, 2.75) is 39.2 Å². The van der Waals surface area contributed by atoms with Gasteiger partial charge in [0.25, 0.3) is 0 Å². The van der Waals surface area contributed by atoms with Gasteiger partial charge in [0.1, 0.15) is 11.6 Å². The van der Waals surface area contributed by atoms with E-state index in [9.17, 15) is 14.0 Å². The minimum Gasteiger partial charge on any atom is -0.493 e. The van der Waals surface area contributed by atoms with Crippen molar-refractivity contribution in [2.75, 3.05) is 13.2 Å². The van der Waals surface area contributed by atoms with E-state index in [1.807, 2.05) is 13.8 Å². The zero-order valence-electron chi connectivity index (χ0n) is 12.9. The Labute approximate surface area is 129 Å². The molecule has 0 bridgehead atoms. The number of halogens is 1. The van der Waals surface area contributed by atoms with Crippen LogP contribution >= 0.6 is 0 Å². The van der Waals surface area contributed by atoms with E-state index in [2.05, 4.69) is 0 Å². The molecule has 0 aromatic heterocycles. The lowest BCUT2D eigenvalue weighted by atomic mass is 10.2. The van der Waals surface area contributed by atoms with Crippen LogP contribution in [0.2, 0.25) is 0 Å². The maximum Gasteiger partial charge on any atom is 0.305 e. The van der Waals surface area contributed by atoms with Crippen molar-refractivity contribution in [2.24, 2.45) is 0 Å². The zero-order valence-corrected chi connectivity index (χ0v) is 12.9. The Morgan fingerprint density at radius 1 is 1.32 bits per heavy atom. The first-order valence-electron chi connectivity index (χ1n) is 7.29. The third-order valence-electron chi connectivity index (χ3n) is 3.11. The number of carboxylic acid groups (broad SMARTS) is 1. The number of carbonyl (C=O) groups excluding carboxylic acids is 1. The number of nitrogens with zero attached hydrogens (tertiary/aromatic N) is 1. The SMILES string of the molecule is CC(C)N(CCC(=O)O)C(=O)CCCOc1cccc(F)c1. The lowest BCUT2D eigenvalue weighted by molar-refractivity contribution is -0.139. The van der Waals surface area contributed by atoms with Crippen LogP contribution in [0.5, 0.6) is 5.75 Å². The molecule has 1 aromatic carbocycles. The van der Waals surface area contributed by atoms with Crippen LogP contribution in [-0.2, 0) is 9.59 Å². The summed E-state index contributed by atoms with van der Waals surface area (Å²) in [6, 6.07) is 5.78. The number of hydrogen-bond acceptors (Lipinski definition) is 3. The van der Waals surface area contributed by atoms with Crippen LogP contribution in [0.4, 0.5) is 4.39 Å². The quantitative estimate of drug-likeness (QED) is 0.712. The number of benzene rings is 1. The Balaban J connectivity index is 2.35. The number of carboxylic acids is 1. The number of carbonyl (C=O) groups is 2. The molecule has 5 nitrogen and oxygen atoms in total. The highest BCUT2D eigenvalue weighted by Gasteiger charge is 2.17. The van der Waals surface area contributed by atoms with Crippen molar-refractivity contribution in [3.8, 4) is 5.75 Å². The van der Waals surface area contributed by atoms with Crippen molar-refractivity contribution in [3.05, 3.63) is 30.1 Å². The lowest BCUT2D eigenvalue weighted by Gasteiger charge is -2.26. The van der Waals surface area contributed by atoms with Crippen molar-refractivity contribution in [1.29, 1.82) is 0 Å². The average molecular weight is 311 g/mol. The van der Waals surface area contributed by atoms with Crippen LogP contribution in [-0.4, -0.2) is 41.1 Å². The zero-order chi connectivity index (χ0) is 16.5. The Morgan fingerprint density at radius 3 is 2.64 bits per heavy atom. The third kappa shape index (κ3) is 6.56. The summed E-state index contributed by atoms with van der Waals surface area (Å²) in [6.07, 6.45) is 0.697. The van der Waals surface area contributed by atoms with Crippen molar-refractivity contribution in [3.63, 3.8) is 0 Å². The van der Waals surface area contributed by atoms with Crippen LogP contribution in [0.3, 0.4) is 0 Å². The highest BCUT2D eigenvalue weighted by molar-refractivity contribution is 5.77. The molecule has 0 saturated carbocycles. The van der Waals surface area contributed by atoms with Crippen molar-refractivity contribution in [1.82, 2.24) is 4.90 Å². The van der Waals surface area contributed by atoms with Gasteiger partial charge in [-0.2, -0.15) is 0 Å². The highest BCUT2D eigenvalue weighted by Crippen LogP contribution is 2.13. The molecule has 1 amide bonds. The first-order chi connectivity index (χ1) is 10.4. The average Bonchev–Trinajstić information content (AvgIpc) is 2.43. The van der Waals surface area contributed by atoms with Gasteiger partial charge in [0.2, 0.25) is 5.91 Å². The predicted octanol–water partition coefficient (Wildman–Crippen LogP) is 2.70. The van der Waals surface area contributed by atoms with E-state index < -0.39 is 5.97 Å². The molecule has 0 heterocycles. The Kier molecular flexibility index (Phi) is 7.36. The molecular formula is C16H22FNO4. The van der Waals surface area contributed by atoms with E-state index in [1.54, 1.807) is 17.0 Å². The van der Waals surface area contributed by atoms with Crippen molar-refractivity contribution < 1.29 is 23.8 Å². The third-order valence-corrected chi connectivity index (χ3v) is 3.11. The van der Waals surface area contributed by atoms with E-state index >= 15 is 0 Å². The monoisotopic (exact) mass is 311 g/mol. The molecule has 6 heteroatoms. The van der Waals surface area contributed by atoms with E-state index in [4.69, 9.17) is 9.84 Å². The molecule has 22 heavy (non-hydrogen) atoms. The first-order valence-corrected chi connectivity index (χ1v) is 7.29. The number of amides is 1. The minimum atomic E-state index is -0.923. The summed E-state index contributed by atoms with van der Waals surface area (Å²) in [5, 5.41) is 8.70. The first kappa shape index (κ1) is 17.9. The molecule has 1 N–H and O–H groups in total. The summed E-state index contributed by atoms with van der Waals surface area (Å²) in [6.45, 7) is 4.21. The molecule has 0 saturated heterocycles. The molecule has 0 aliphatic heterocycles. The van der Waals surface area contributed by atoms with Gasteiger partial charge in [-0.15, -0.1) is 0 Å². The molecule has 0 radical (unpaired) electrons. The molecule has 0 atom stereocenters. The van der Waals surface area contributed by atoms with Crippen LogP contribution in [0.1, 0.15) is 33.1 Å². The van der Waals surface area contributed by atoms with E-state index in [0.717, 1.165) is 0 Å². The van der Waals surface area contributed by atoms with Crippen LogP contribution < -0.4 is 4.74 Å². The smallest absolute Gasteiger partial charge is 0.305 e. The summed E-state index contributed by atoms with van der Waals surface area (Å²) >= 11 is 0. The van der Waals surface area contributed by atoms with Gasteiger partial charge in [-0.05, 0) is 32.4 Å². The van der Waals surface area contributed by atoms with Gasteiger partial charge in [-0.25, -0.2) is 4.39 Å². The van der Waals surface area contributed by atoms with Gasteiger partial charge in [0.05, 0.1) is 13.0 Å². The van der Waals surface area contributed by atoms with Gasteiger partial charge in [-0.3, -0.25) is 9.59 Å². The van der Waals surface area contributed by atoms with E-state index in [1.165, 1.54) is 12.1 Å². The summed E-state index contributed by atoms with van der Waals surface area (Å²) in [7, 11) is 0. The standard InChI is InChI=1S/C16H22FNO4/c1-12(2)18(9-8-16(20)21)15(19)7-4-10-22-14-6-3-5-13(17)11-14/h3,5-6,11-12H,4,7-10H2,1-2H3,(H,20,21). The molecule has 0 unspecified atom stereocenters. The largest absolute Gasteiger partial charge is 0.493 e. The molecule has 0 aliphatic carbocycles. The Bertz CT molecular complexity index is 505. The topological polar surface area (TPSA) is 66.8 Å². The molecule has 0 aliphatic rings. The van der Waals surface area contributed by atoms with Gasteiger partial charge >= 0.3 is 5.97 Å². The van der Waals surface area contributed by atoms with Crippen molar-refractivity contribution >= 4 is 11.9 Å². The summed E-state index contributed by atoms with van der Waals surface area (Å²) in [4.78, 5) is 24.2. The fourth-order valence-corrected chi connectivity index (χ4v) is 2.00. The summed E-state index contributed by atoms with van der Waals surface area (Å²) in [5.74, 6) is -0.959. The second kappa shape index (κ2) is 9.02. The fraction of sp³-hybridized carbons (Fsp3) is 0.500. The minimum absolute atomic E-state index is 0.0454. The summed E-state index contributed by atoms with van der Waals surface area (Å²) < 4.78 is 18.3. The second-order valence-electron chi connectivity index (χ2n) is 5.23. The number of rotatable bonds is 9.